The number of benzene rings is 2. The van der Waals surface area contributed by atoms with Gasteiger partial charge in [-0.15, -0.1) is 0 Å². The van der Waals surface area contributed by atoms with Gasteiger partial charge in [-0.3, -0.25) is 9.59 Å². The Hall–Kier alpha value is -2.73. The lowest BCUT2D eigenvalue weighted by molar-refractivity contribution is -0.127. The quantitative estimate of drug-likeness (QED) is 0.875. The van der Waals surface area contributed by atoms with Gasteiger partial charge in [0.1, 0.15) is 11.9 Å². The Bertz CT molecular complexity index is 766. The molecule has 0 spiro atoms. The van der Waals surface area contributed by atoms with E-state index in [1.807, 2.05) is 30.3 Å². The van der Waals surface area contributed by atoms with Gasteiger partial charge in [-0.2, -0.15) is 0 Å². The smallest absolute Gasteiger partial charge is 0.249 e. The van der Waals surface area contributed by atoms with Crippen LogP contribution in [-0.4, -0.2) is 29.5 Å². The van der Waals surface area contributed by atoms with Crippen LogP contribution in [0.1, 0.15) is 24.5 Å². The van der Waals surface area contributed by atoms with Crippen LogP contribution in [0.25, 0.3) is 0 Å². The fraction of sp³-hybridized carbons (Fsp3) is 0.263. The minimum absolute atomic E-state index is 0.167. The van der Waals surface area contributed by atoms with Crippen LogP contribution in [0.5, 0.6) is 0 Å². The number of nitrogens with zero attached hydrogens (tertiary/aromatic N) is 1. The molecule has 6 heteroatoms. The summed E-state index contributed by atoms with van der Waals surface area (Å²) in [7, 11) is 0. The minimum atomic E-state index is -1.11. The number of rotatable bonds is 5. The molecule has 2 atom stereocenters. The van der Waals surface area contributed by atoms with Gasteiger partial charge in [-0.1, -0.05) is 30.3 Å². The number of hydrogen-bond acceptors (Lipinski definition) is 3. The van der Waals surface area contributed by atoms with Crippen molar-refractivity contribution in [3.05, 3.63) is 66.0 Å². The summed E-state index contributed by atoms with van der Waals surface area (Å²) in [6.07, 6.45) is -0.828. The number of anilines is 1. The Labute approximate surface area is 145 Å². The Morgan fingerprint density at radius 3 is 2.72 bits per heavy atom. The van der Waals surface area contributed by atoms with Crippen LogP contribution in [-0.2, 0) is 9.59 Å². The highest BCUT2D eigenvalue weighted by atomic mass is 19.1. The third kappa shape index (κ3) is 4.03. The van der Waals surface area contributed by atoms with Crippen molar-refractivity contribution in [1.29, 1.82) is 0 Å². The van der Waals surface area contributed by atoms with Crippen molar-refractivity contribution < 1.29 is 19.1 Å². The molecule has 3 rings (SSSR count). The van der Waals surface area contributed by atoms with Gasteiger partial charge in [0, 0.05) is 12.2 Å². The predicted octanol–water partition coefficient (Wildman–Crippen LogP) is 2.17. The predicted molar refractivity (Wildman–Crippen MR) is 91.3 cm³/mol. The summed E-state index contributed by atoms with van der Waals surface area (Å²) >= 11 is 0. The van der Waals surface area contributed by atoms with Gasteiger partial charge >= 0.3 is 0 Å². The van der Waals surface area contributed by atoms with Crippen molar-refractivity contribution in [3.8, 4) is 0 Å². The van der Waals surface area contributed by atoms with Gasteiger partial charge in [0.05, 0.1) is 12.5 Å². The molecule has 25 heavy (non-hydrogen) atoms. The minimum Gasteiger partial charge on any atom is -0.388 e. The van der Waals surface area contributed by atoms with Crippen molar-refractivity contribution >= 4 is 17.5 Å². The average Bonchev–Trinajstić information content (AvgIpc) is 2.96. The van der Waals surface area contributed by atoms with Crippen molar-refractivity contribution in [2.24, 2.45) is 0 Å². The Morgan fingerprint density at radius 1 is 1.24 bits per heavy atom. The molecule has 0 aliphatic carbocycles. The van der Waals surface area contributed by atoms with Crippen LogP contribution in [0, 0.1) is 5.82 Å². The van der Waals surface area contributed by atoms with E-state index in [1.165, 1.54) is 18.2 Å². The normalized spacial score (nSPS) is 18.2. The number of amides is 2. The molecule has 1 aliphatic rings. The molecule has 1 saturated heterocycles. The second-order valence-corrected chi connectivity index (χ2v) is 6.01. The number of aliphatic hydroxyl groups excluding tert-OH is 1. The van der Waals surface area contributed by atoms with Crippen molar-refractivity contribution in [1.82, 2.24) is 5.32 Å². The number of carbonyl (C=O) groups excluding carboxylic acids is 2. The van der Waals surface area contributed by atoms with E-state index < -0.39 is 23.9 Å². The summed E-state index contributed by atoms with van der Waals surface area (Å²) in [5.41, 5.74) is 1.13. The van der Waals surface area contributed by atoms with E-state index in [-0.39, 0.29) is 12.3 Å². The van der Waals surface area contributed by atoms with Crippen LogP contribution in [0.3, 0.4) is 0 Å². The first-order valence-corrected chi connectivity index (χ1v) is 8.14. The number of aliphatic hydroxyl groups is 1. The molecule has 2 aromatic rings. The lowest BCUT2D eigenvalue weighted by Gasteiger charge is -2.18. The highest BCUT2D eigenvalue weighted by Crippen LogP contribution is 2.22. The van der Waals surface area contributed by atoms with Gasteiger partial charge < -0.3 is 15.3 Å². The van der Waals surface area contributed by atoms with Crippen LogP contribution in [0.2, 0.25) is 0 Å². The summed E-state index contributed by atoms with van der Waals surface area (Å²) in [5.74, 6) is -1.08. The van der Waals surface area contributed by atoms with Crippen LogP contribution in [0.4, 0.5) is 10.1 Å². The number of halogens is 1. The molecule has 5 nitrogen and oxygen atoms in total. The second kappa shape index (κ2) is 7.44. The largest absolute Gasteiger partial charge is 0.388 e. The second-order valence-electron chi connectivity index (χ2n) is 6.01. The molecule has 1 heterocycles. The fourth-order valence-electron chi connectivity index (χ4n) is 2.94. The summed E-state index contributed by atoms with van der Waals surface area (Å²) < 4.78 is 13.2. The molecule has 0 saturated carbocycles. The first kappa shape index (κ1) is 17.1. The zero-order valence-electron chi connectivity index (χ0n) is 13.6. The molecule has 2 unspecified atom stereocenters. The summed E-state index contributed by atoms with van der Waals surface area (Å²) in [5, 5.41) is 12.7. The van der Waals surface area contributed by atoms with E-state index in [4.69, 9.17) is 0 Å². The van der Waals surface area contributed by atoms with E-state index in [2.05, 4.69) is 5.32 Å². The highest BCUT2D eigenvalue weighted by molar-refractivity contribution is 6.01. The van der Waals surface area contributed by atoms with Gasteiger partial charge in [0.25, 0.3) is 0 Å². The van der Waals surface area contributed by atoms with Crippen LogP contribution < -0.4 is 10.2 Å². The maximum Gasteiger partial charge on any atom is 0.249 e. The topological polar surface area (TPSA) is 69.6 Å². The van der Waals surface area contributed by atoms with E-state index in [1.54, 1.807) is 11.0 Å². The van der Waals surface area contributed by atoms with E-state index in [9.17, 15) is 19.1 Å². The molecule has 2 aromatic carbocycles. The van der Waals surface area contributed by atoms with Gasteiger partial charge in [-0.25, -0.2) is 4.39 Å². The molecule has 130 valence electrons. The van der Waals surface area contributed by atoms with Crippen molar-refractivity contribution in [2.75, 3.05) is 11.4 Å². The zero-order valence-corrected chi connectivity index (χ0v) is 13.6. The lowest BCUT2D eigenvalue weighted by Crippen LogP contribution is -2.41. The standard InChI is InChI=1S/C19H19FN2O3/c20-14-6-4-5-13(11-14)17(23)12-18(24)21-16-9-10-22(19(16)25)15-7-2-1-3-8-15/h1-8,11,16-17,23H,9-10,12H2,(H,21,24). The summed E-state index contributed by atoms with van der Waals surface area (Å²) in [6, 6.07) is 14.1. The molecule has 0 bridgehead atoms. The van der Waals surface area contributed by atoms with Gasteiger partial charge in [0.15, 0.2) is 0 Å². The molecule has 1 fully saturated rings. The molecule has 2 amide bonds. The third-order valence-corrected chi connectivity index (χ3v) is 4.22. The van der Waals surface area contributed by atoms with E-state index in [0.717, 1.165) is 5.69 Å². The number of hydrogen-bond donors (Lipinski definition) is 2. The highest BCUT2D eigenvalue weighted by Gasteiger charge is 2.33. The van der Waals surface area contributed by atoms with Crippen LogP contribution >= 0.6 is 0 Å². The Kier molecular flexibility index (Phi) is 5.09. The number of para-hydroxylation sites is 1. The molecular formula is C19H19FN2O3. The number of carbonyl (C=O) groups is 2. The van der Waals surface area contributed by atoms with E-state index in [0.29, 0.717) is 18.5 Å². The summed E-state index contributed by atoms with van der Waals surface area (Å²) in [4.78, 5) is 26.2. The van der Waals surface area contributed by atoms with Crippen molar-refractivity contribution in [3.63, 3.8) is 0 Å². The molecule has 0 radical (unpaired) electrons. The number of nitrogens with one attached hydrogen (secondary N) is 1. The first-order chi connectivity index (χ1) is 12.0. The average molecular weight is 342 g/mol. The third-order valence-electron chi connectivity index (χ3n) is 4.22. The summed E-state index contributed by atoms with van der Waals surface area (Å²) in [6.45, 7) is 0.528. The van der Waals surface area contributed by atoms with Crippen molar-refractivity contribution in [2.45, 2.75) is 25.0 Å². The maximum absolute atomic E-state index is 13.2. The Balaban J connectivity index is 1.57. The molecular weight excluding hydrogens is 323 g/mol. The van der Waals surface area contributed by atoms with Gasteiger partial charge in [-0.05, 0) is 36.2 Å². The Morgan fingerprint density at radius 2 is 2.00 bits per heavy atom. The first-order valence-electron chi connectivity index (χ1n) is 8.14. The fourth-order valence-corrected chi connectivity index (χ4v) is 2.94. The zero-order chi connectivity index (χ0) is 17.8. The molecule has 1 aliphatic heterocycles. The van der Waals surface area contributed by atoms with E-state index >= 15 is 0 Å². The molecule has 2 N–H and O–H groups in total. The molecule has 0 aromatic heterocycles. The van der Waals surface area contributed by atoms with Gasteiger partial charge in [0.2, 0.25) is 11.8 Å². The monoisotopic (exact) mass is 342 g/mol. The van der Waals surface area contributed by atoms with Crippen LogP contribution in [0.15, 0.2) is 54.6 Å². The maximum atomic E-state index is 13.2. The SMILES string of the molecule is O=C(CC(O)c1cccc(F)c1)NC1CCN(c2ccccc2)C1=O. The lowest BCUT2D eigenvalue weighted by atomic mass is 10.1.